The smallest absolute Gasteiger partial charge is 0.337 e. The van der Waals surface area contributed by atoms with Gasteiger partial charge in [0.2, 0.25) is 0 Å². The Morgan fingerprint density at radius 1 is 1.03 bits per heavy atom. The summed E-state index contributed by atoms with van der Waals surface area (Å²) in [5, 5.41) is 0.184. The number of halogens is 1. The summed E-state index contributed by atoms with van der Waals surface area (Å²) in [6, 6.07) is 10.2. The van der Waals surface area contributed by atoms with Crippen LogP contribution >= 0.6 is 7.92 Å². The predicted octanol–water partition coefficient (Wildman–Crippen LogP) is 6.31. The van der Waals surface area contributed by atoms with Gasteiger partial charge in [-0.1, -0.05) is 40.6 Å². The molecule has 2 heterocycles. The number of allylic oxidation sites excluding steroid dienone is 1. The molecule has 0 aromatic heterocycles. The summed E-state index contributed by atoms with van der Waals surface area (Å²) in [7, 11) is 2.70. The quantitative estimate of drug-likeness (QED) is 0.436. The second kappa shape index (κ2) is 6.95. The van der Waals surface area contributed by atoms with Crippen molar-refractivity contribution in [2.75, 3.05) is 20.4 Å². The van der Waals surface area contributed by atoms with Crippen LogP contribution in [0.2, 0.25) is 0 Å². The summed E-state index contributed by atoms with van der Waals surface area (Å²) in [4.78, 5) is 12.2. The lowest BCUT2D eigenvalue weighted by Gasteiger charge is -2.38. The molecule has 2 atom stereocenters. The molecule has 1 saturated heterocycles. The molecular weight excluding hydrogens is 386 g/mol. The average Bonchev–Trinajstić information content (AvgIpc) is 3.06. The van der Waals surface area contributed by atoms with Gasteiger partial charge in [-0.25, -0.2) is 9.18 Å². The van der Waals surface area contributed by atoms with Crippen LogP contribution in [0.4, 0.5) is 4.39 Å². The molecule has 0 radical (unpaired) electrons. The highest BCUT2D eigenvalue weighted by molar-refractivity contribution is 7.63. The molecule has 3 nitrogen and oxygen atoms in total. The van der Waals surface area contributed by atoms with Crippen LogP contribution in [0.15, 0.2) is 42.2 Å². The van der Waals surface area contributed by atoms with Crippen LogP contribution in [0.25, 0.3) is 16.7 Å². The second-order valence-electron chi connectivity index (χ2n) is 8.48. The normalized spacial score (nSPS) is 24.3. The molecule has 1 unspecified atom stereocenters. The van der Waals surface area contributed by atoms with Crippen molar-refractivity contribution in [3.63, 3.8) is 0 Å². The first-order valence-electron chi connectivity index (χ1n) is 9.78. The van der Waals surface area contributed by atoms with Gasteiger partial charge < -0.3 is 9.47 Å². The minimum absolute atomic E-state index is 0.00244. The van der Waals surface area contributed by atoms with Crippen molar-refractivity contribution in [1.29, 1.82) is 0 Å². The standard InChI is InChI=1S/C24H26FO3P/c1-23(2)24(3)10-11-29(23)14-20(24)18-12-15(22(26)28-5)6-8-17(18)19-13-16(27-4)7-9-21(19)25/h6-9,12-14H,10-11H2,1-5H3/t24-,29?/m0/s1. The van der Waals surface area contributed by atoms with Crippen LogP contribution in [0, 0.1) is 11.2 Å². The van der Waals surface area contributed by atoms with Gasteiger partial charge >= 0.3 is 5.97 Å². The largest absolute Gasteiger partial charge is 0.497 e. The molecule has 4 rings (SSSR count). The number of rotatable bonds is 4. The Morgan fingerprint density at radius 2 is 1.79 bits per heavy atom. The maximum Gasteiger partial charge on any atom is 0.337 e. The number of hydrogen-bond acceptors (Lipinski definition) is 3. The highest BCUT2D eigenvalue weighted by atomic mass is 31.1. The number of hydrogen-bond donors (Lipinski definition) is 0. The highest BCUT2D eigenvalue weighted by Crippen LogP contribution is 2.76. The van der Waals surface area contributed by atoms with Crippen molar-refractivity contribution < 1.29 is 18.7 Å². The Labute approximate surface area is 172 Å². The molecule has 29 heavy (non-hydrogen) atoms. The van der Waals surface area contributed by atoms with Crippen molar-refractivity contribution in [2.45, 2.75) is 32.3 Å². The van der Waals surface area contributed by atoms with E-state index in [4.69, 9.17) is 9.47 Å². The second-order valence-corrected chi connectivity index (χ2v) is 11.2. The van der Waals surface area contributed by atoms with E-state index in [9.17, 15) is 9.18 Å². The number of esters is 1. The van der Waals surface area contributed by atoms with Crippen LogP contribution in [-0.4, -0.2) is 31.5 Å². The van der Waals surface area contributed by atoms with Gasteiger partial charge in [0, 0.05) is 11.0 Å². The molecule has 2 aromatic rings. The van der Waals surface area contributed by atoms with Gasteiger partial charge in [-0.15, -0.1) is 0 Å². The zero-order chi connectivity index (χ0) is 21.0. The molecule has 2 aliphatic rings. The van der Waals surface area contributed by atoms with Crippen LogP contribution in [0.5, 0.6) is 5.75 Å². The minimum atomic E-state index is -0.386. The van der Waals surface area contributed by atoms with Gasteiger partial charge in [0.15, 0.2) is 0 Å². The average molecular weight is 412 g/mol. The molecule has 2 aliphatic heterocycles. The Kier molecular flexibility index (Phi) is 4.82. The number of carbonyl (C=O) groups is 1. The third-order valence-corrected chi connectivity index (χ3v) is 10.2. The minimum Gasteiger partial charge on any atom is -0.497 e. The van der Waals surface area contributed by atoms with E-state index >= 15 is 0 Å². The van der Waals surface area contributed by atoms with Crippen molar-refractivity contribution in [3.8, 4) is 16.9 Å². The molecular formula is C24H26FO3P. The molecule has 0 N–H and O–H groups in total. The third-order valence-electron chi connectivity index (χ3n) is 6.99. The number of methoxy groups -OCH3 is 2. The van der Waals surface area contributed by atoms with Gasteiger partial charge in [-0.3, -0.25) is 0 Å². The first-order valence-corrected chi connectivity index (χ1v) is 11.4. The number of benzene rings is 2. The van der Waals surface area contributed by atoms with E-state index < -0.39 is 0 Å². The van der Waals surface area contributed by atoms with Gasteiger partial charge in [0.05, 0.1) is 19.8 Å². The highest BCUT2D eigenvalue weighted by Gasteiger charge is 2.57. The number of ether oxygens (including phenoxy) is 2. The van der Waals surface area contributed by atoms with Crippen molar-refractivity contribution in [1.82, 2.24) is 0 Å². The molecule has 0 saturated carbocycles. The van der Waals surface area contributed by atoms with Crippen LogP contribution in [-0.2, 0) is 4.74 Å². The maximum absolute atomic E-state index is 14.9. The molecule has 0 aliphatic carbocycles. The van der Waals surface area contributed by atoms with Crippen molar-refractivity contribution in [3.05, 3.63) is 59.2 Å². The summed E-state index contributed by atoms with van der Waals surface area (Å²) in [5.74, 6) is 2.30. The van der Waals surface area contributed by atoms with E-state index in [0.717, 1.165) is 17.5 Å². The Balaban J connectivity index is 1.95. The summed E-state index contributed by atoms with van der Waals surface area (Å²) in [6.45, 7) is 6.99. The van der Waals surface area contributed by atoms with Crippen molar-refractivity contribution in [2.24, 2.45) is 5.41 Å². The first-order chi connectivity index (χ1) is 13.7. The first kappa shape index (κ1) is 20.1. The summed E-state index contributed by atoms with van der Waals surface area (Å²) in [6.07, 6.45) is 2.34. The fourth-order valence-corrected chi connectivity index (χ4v) is 7.99. The molecule has 2 aromatic carbocycles. The summed E-state index contributed by atoms with van der Waals surface area (Å²) >= 11 is 0. The number of carbonyl (C=O) groups excluding carboxylic acids is 1. The number of fused-ring (bicyclic) bond motifs is 2. The van der Waals surface area contributed by atoms with E-state index in [1.54, 1.807) is 25.3 Å². The Morgan fingerprint density at radius 3 is 2.38 bits per heavy atom. The van der Waals surface area contributed by atoms with E-state index in [2.05, 4.69) is 26.6 Å². The lowest BCUT2D eigenvalue weighted by atomic mass is 9.68. The third kappa shape index (κ3) is 2.92. The molecule has 0 amide bonds. The Hall–Kier alpha value is -2.19. The predicted molar refractivity (Wildman–Crippen MR) is 116 cm³/mol. The van der Waals surface area contributed by atoms with E-state index in [1.807, 2.05) is 12.1 Å². The Bertz CT molecular complexity index is 1030. The van der Waals surface area contributed by atoms with E-state index in [-0.39, 0.29) is 30.3 Å². The topological polar surface area (TPSA) is 35.5 Å². The molecule has 1 fully saturated rings. The molecule has 152 valence electrons. The summed E-state index contributed by atoms with van der Waals surface area (Å²) < 4.78 is 25.1. The van der Waals surface area contributed by atoms with Gasteiger partial charge in [-0.2, -0.15) is 0 Å². The zero-order valence-corrected chi connectivity index (χ0v) is 18.4. The van der Waals surface area contributed by atoms with Crippen molar-refractivity contribution >= 4 is 19.5 Å². The lowest BCUT2D eigenvalue weighted by Crippen LogP contribution is -2.32. The fraction of sp³-hybridized carbons (Fsp3) is 0.375. The van der Waals surface area contributed by atoms with Crippen LogP contribution in [0.1, 0.15) is 43.1 Å². The van der Waals surface area contributed by atoms with E-state index in [0.29, 0.717) is 16.9 Å². The lowest BCUT2D eigenvalue weighted by molar-refractivity contribution is 0.0600. The van der Waals surface area contributed by atoms with Gasteiger partial charge in [0.25, 0.3) is 0 Å². The maximum atomic E-state index is 14.9. The van der Waals surface area contributed by atoms with Crippen LogP contribution in [0.3, 0.4) is 0 Å². The molecule has 2 bridgehead atoms. The zero-order valence-electron chi connectivity index (χ0n) is 17.5. The molecule has 5 heteroatoms. The van der Waals surface area contributed by atoms with Crippen LogP contribution < -0.4 is 4.74 Å². The van der Waals surface area contributed by atoms with Gasteiger partial charge in [-0.05, 0) is 64.8 Å². The molecule has 0 spiro atoms. The van der Waals surface area contributed by atoms with Gasteiger partial charge in [0.1, 0.15) is 11.6 Å². The SMILES string of the molecule is COC(=O)c1ccc(-c2cc(OC)ccc2F)c(C2=CP3CC[C@]2(C)C3(C)C)c1. The monoisotopic (exact) mass is 412 g/mol. The summed E-state index contributed by atoms with van der Waals surface area (Å²) in [5.41, 5.74) is 3.88. The van der Waals surface area contributed by atoms with E-state index in [1.165, 1.54) is 24.9 Å². The fourth-order valence-electron chi connectivity index (χ4n) is 4.69.